The van der Waals surface area contributed by atoms with Gasteiger partial charge in [0.2, 0.25) is 0 Å². The molecule has 0 fully saturated rings. The van der Waals surface area contributed by atoms with Crippen LogP contribution in [0.1, 0.15) is 5.69 Å². The summed E-state index contributed by atoms with van der Waals surface area (Å²) in [6.07, 6.45) is 0. The van der Waals surface area contributed by atoms with E-state index in [1.54, 1.807) is 11.8 Å². The van der Waals surface area contributed by atoms with Gasteiger partial charge in [0.1, 0.15) is 0 Å². The van der Waals surface area contributed by atoms with Crippen molar-refractivity contribution in [3.8, 4) is 16.8 Å². The zero-order valence-corrected chi connectivity index (χ0v) is 16.8. The number of benzene rings is 3. The zero-order valence-electron chi connectivity index (χ0n) is 14.4. The highest BCUT2D eigenvalue weighted by Crippen LogP contribution is 2.40. The molecule has 0 saturated carbocycles. The first-order valence-corrected chi connectivity index (χ1v) is 10.1. The summed E-state index contributed by atoms with van der Waals surface area (Å²) >= 11 is 5.34. The van der Waals surface area contributed by atoms with Crippen LogP contribution >= 0.6 is 27.7 Å². The Hall–Kier alpha value is -2.23. The maximum Gasteiger partial charge on any atom is 0.0924 e. The predicted octanol–water partition coefficient (Wildman–Crippen LogP) is 7.37. The normalized spacial score (nSPS) is 10.8. The number of hydrogen-bond donors (Lipinski definition) is 0. The minimum absolute atomic E-state index is 1.09. The Morgan fingerprint density at radius 1 is 0.769 bits per heavy atom. The largest absolute Gasteiger partial charge is 0.308 e. The van der Waals surface area contributed by atoms with Crippen molar-refractivity contribution < 1.29 is 0 Å². The maximum absolute atomic E-state index is 3.54. The van der Waals surface area contributed by atoms with E-state index < -0.39 is 0 Å². The van der Waals surface area contributed by atoms with Gasteiger partial charge in [-0.2, -0.15) is 0 Å². The molecule has 0 aliphatic carbocycles. The van der Waals surface area contributed by atoms with Gasteiger partial charge in [0.15, 0.2) is 0 Å². The lowest BCUT2D eigenvalue weighted by Crippen LogP contribution is -1.98. The van der Waals surface area contributed by atoms with Crippen molar-refractivity contribution in [3.05, 3.63) is 101 Å². The third kappa shape index (κ3) is 3.50. The number of hydrogen-bond acceptors (Lipinski definition) is 1. The van der Waals surface area contributed by atoms with E-state index in [9.17, 15) is 0 Å². The molecule has 0 amide bonds. The fraction of sp³-hybridized carbons (Fsp3) is 0.0435. The Bertz CT molecular complexity index is 1010. The lowest BCUT2D eigenvalue weighted by molar-refractivity contribution is 0.914. The van der Waals surface area contributed by atoms with Gasteiger partial charge in [-0.3, -0.25) is 0 Å². The van der Waals surface area contributed by atoms with Crippen LogP contribution in [-0.2, 0) is 0 Å². The van der Waals surface area contributed by atoms with Crippen molar-refractivity contribution in [1.29, 1.82) is 0 Å². The standard InChI is InChI=1S/C23H18BrNS/c1-17-16-22(18-8-4-2-5-9-18)23(26-21-10-6-3-7-11-21)25(17)20-14-12-19(24)13-15-20/h2-16H,1H3. The average molecular weight is 420 g/mol. The van der Waals surface area contributed by atoms with Crippen LogP contribution in [0.5, 0.6) is 0 Å². The van der Waals surface area contributed by atoms with Crippen LogP contribution in [0.25, 0.3) is 16.8 Å². The van der Waals surface area contributed by atoms with E-state index in [0.717, 1.165) is 4.47 Å². The molecule has 1 heterocycles. The van der Waals surface area contributed by atoms with E-state index in [4.69, 9.17) is 0 Å². The fourth-order valence-electron chi connectivity index (χ4n) is 3.05. The van der Waals surface area contributed by atoms with Crippen LogP contribution in [-0.4, -0.2) is 4.57 Å². The summed E-state index contributed by atoms with van der Waals surface area (Å²) in [6.45, 7) is 2.17. The van der Waals surface area contributed by atoms with Crippen LogP contribution in [0, 0.1) is 6.92 Å². The van der Waals surface area contributed by atoms with E-state index >= 15 is 0 Å². The molecule has 128 valence electrons. The minimum atomic E-state index is 1.09. The Morgan fingerprint density at radius 2 is 1.38 bits per heavy atom. The van der Waals surface area contributed by atoms with Crippen LogP contribution in [0.2, 0.25) is 0 Å². The average Bonchev–Trinajstić information content (AvgIpc) is 3.00. The molecule has 0 unspecified atom stereocenters. The van der Waals surface area contributed by atoms with E-state index in [1.165, 1.54) is 32.4 Å². The first kappa shape index (κ1) is 17.2. The van der Waals surface area contributed by atoms with Gasteiger partial charge in [-0.1, -0.05) is 76.2 Å². The third-order valence-corrected chi connectivity index (χ3v) is 5.90. The van der Waals surface area contributed by atoms with Gasteiger partial charge in [0.25, 0.3) is 0 Å². The third-order valence-electron chi connectivity index (χ3n) is 4.27. The molecule has 0 radical (unpaired) electrons. The highest BCUT2D eigenvalue weighted by atomic mass is 79.9. The Kier molecular flexibility index (Phi) is 5.00. The molecule has 26 heavy (non-hydrogen) atoms. The number of nitrogens with zero attached hydrogens (tertiary/aromatic N) is 1. The predicted molar refractivity (Wildman–Crippen MR) is 114 cm³/mol. The van der Waals surface area contributed by atoms with Crippen molar-refractivity contribution >= 4 is 27.7 Å². The summed E-state index contributed by atoms with van der Waals surface area (Å²) in [5.41, 5.74) is 4.90. The summed E-state index contributed by atoms with van der Waals surface area (Å²) in [5.74, 6) is 0. The molecule has 0 bridgehead atoms. The maximum atomic E-state index is 3.54. The van der Waals surface area contributed by atoms with Crippen molar-refractivity contribution in [1.82, 2.24) is 4.57 Å². The molecule has 3 heteroatoms. The van der Waals surface area contributed by atoms with Gasteiger partial charge in [0.05, 0.1) is 5.03 Å². The molecule has 4 aromatic rings. The summed E-state index contributed by atoms with van der Waals surface area (Å²) in [4.78, 5) is 1.24. The Labute approximate surface area is 166 Å². The molecule has 0 aliphatic heterocycles. The van der Waals surface area contributed by atoms with Crippen LogP contribution < -0.4 is 0 Å². The van der Waals surface area contributed by atoms with E-state index in [0.29, 0.717) is 0 Å². The Balaban J connectivity index is 1.90. The van der Waals surface area contributed by atoms with Crippen molar-refractivity contribution in [3.63, 3.8) is 0 Å². The van der Waals surface area contributed by atoms with E-state index in [1.807, 2.05) is 0 Å². The van der Waals surface area contributed by atoms with Crippen molar-refractivity contribution in [2.75, 3.05) is 0 Å². The van der Waals surface area contributed by atoms with E-state index in [2.05, 4.69) is 118 Å². The van der Waals surface area contributed by atoms with Gasteiger partial charge >= 0.3 is 0 Å². The first-order chi connectivity index (χ1) is 12.7. The van der Waals surface area contributed by atoms with Crippen LogP contribution in [0.3, 0.4) is 0 Å². The van der Waals surface area contributed by atoms with Gasteiger partial charge in [-0.05, 0) is 55.0 Å². The highest BCUT2D eigenvalue weighted by molar-refractivity contribution is 9.10. The molecule has 3 aromatic carbocycles. The molecule has 0 aliphatic rings. The van der Waals surface area contributed by atoms with Gasteiger partial charge < -0.3 is 4.57 Å². The fourth-order valence-corrected chi connectivity index (χ4v) is 4.46. The number of rotatable bonds is 4. The lowest BCUT2D eigenvalue weighted by atomic mass is 10.1. The summed E-state index contributed by atoms with van der Waals surface area (Å²) < 4.78 is 3.43. The number of aryl methyl sites for hydroxylation is 1. The van der Waals surface area contributed by atoms with Gasteiger partial charge in [0, 0.05) is 26.3 Å². The molecule has 0 saturated heterocycles. The molecular weight excluding hydrogens is 402 g/mol. The molecule has 4 rings (SSSR count). The zero-order chi connectivity index (χ0) is 17.9. The second kappa shape index (κ2) is 7.56. The molecule has 1 aromatic heterocycles. The first-order valence-electron chi connectivity index (χ1n) is 8.49. The smallest absolute Gasteiger partial charge is 0.0924 e. The number of aromatic nitrogens is 1. The molecule has 0 N–H and O–H groups in total. The SMILES string of the molecule is Cc1cc(-c2ccccc2)c(Sc2ccccc2)n1-c1ccc(Br)cc1. The van der Waals surface area contributed by atoms with Crippen LogP contribution in [0.15, 0.2) is 105 Å². The monoisotopic (exact) mass is 419 g/mol. The molecule has 1 nitrogen and oxygen atoms in total. The van der Waals surface area contributed by atoms with Gasteiger partial charge in [-0.25, -0.2) is 0 Å². The molecular formula is C23H18BrNS. The van der Waals surface area contributed by atoms with Crippen molar-refractivity contribution in [2.24, 2.45) is 0 Å². The molecule has 0 atom stereocenters. The quantitative estimate of drug-likeness (QED) is 0.334. The van der Waals surface area contributed by atoms with Crippen molar-refractivity contribution in [2.45, 2.75) is 16.8 Å². The summed E-state index contributed by atoms with van der Waals surface area (Å²) in [5, 5.41) is 1.24. The minimum Gasteiger partial charge on any atom is -0.308 e. The molecule has 0 spiro atoms. The topological polar surface area (TPSA) is 4.93 Å². The van der Waals surface area contributed by atoms with Crippen LogP contribution in [0.4, 0.5) is 0 Å². The summed E-state index contributed by atoms with van der Waals surface area (Å²) in [6, 6.07) is 31.9. The Morgan fingerprint density at radius 3 is 2.04 bits per heavy atom. The summed E-state index contributed by atoms with van der Waals surface area (Å²) in [7, 11) is 0. The highest BCUT2D eigenvalue weighted by Gasteiger charge is 2.17. The second-order valence-corrected chi connectivity index (χ2v) is 8.08. The van der Waals surface area contributed by atoms with E-state index in [-0.39, 0.29) is 0 Å². The number of halogens is 1. The lowest BCUT2D eigenvalue weighted by Gasteiger charge is -2.13. The second-order valence-electron chi connectivity index (χ2n) is 6.10. The van der Waals surface area contributed by atoms with Gasteiger partial charge in [-0.15, -0.1) is 0 Å².